The van der Waals surface area contributed by atoms with Gasteiger partial charge in [-0.25, -0.2) is 0 Å². The molecule has 0 N–H and O–H groups in total. The van der Waals surface area contributed by atoms with Crippen LogP contribution in [0.3, 0.4) is 0 Å². The molecule has 1 aliphatic heterocycles. The van der Waals surface area contributed by atoms with E-state index in [1.807, 2.05) is 17.8 Å². The number of carbonyl (C=O) groups excluding carboxylic acids is 1. The number of rotatable bonds is 3. The van der Waals surface area contributed by atoms with Gasteiger partial charge in [0.1, 0.15) is 0 Å². The van der Waals surface area contributed by atoms with Gasteiger partial charge in [0.05, 0.1) is 9.75 Å². The van der Waals surface area contributed by atoms with Gasteiger partial charge >= 0.3 is 0 Å². The van der Waals surface area contributed by atoms with E-state index in [1.165, 1.54) is 21.1 Å². The monoisotopic (exact) mass is 294 g/mol. The van der Waals surface area contributed by atoms with Gasteiger partial charge in [-0.1, -0.05) is 6.92 Å². The molecule has 0 radical (unpaired) electrons. The van der Waals surface area contributed by atoms with Crippen LogP contribution in [0.2, 0.25) is 0 Å². The van der Waals surface area contributed by atoms with E-state index in [4.69, 9.17) is 0 Å². The van der Waals surface area contributed by atoms with Crippen LogP contribution >= 0.6 is 34.4 Å². The second kappa shape index (κ2) is 5.19. The van der Waals surface area contributed by atoms with Crippen molar-refractivity contribution in [1.29, 1.82) is 0 Å². The zero-order valence-corrected chi connectivity index (χ0v) is 12.6. The van der Waals surface area contributed by atoms with Crippen molar-refractivity contribution in [2.45, 2.75) is 25.5 Å². The Balaban J connectivity index is 1.89. The zero-order chi connectivity index (χ0) is 12.5. The third-order valence-corrected chi connectivity index (χ3v) is 6.56. The van der Waals surface area contributed by atoms with Gasteiger partial charge in [0.15, 0.2) is 0 Å². The normalized spacial score (nSPS) is 14.5. The molecule has 0 spiro atoms. The van der Waals surface area contributed by atoms with Crippen molar-refractivity contribution < 1.29 is 4.79 Å². The maximum atomic E-state index is 12.4. The summed E-state index contributed by atoms with van der Waals surface area (Å²) in [6, 6.07) is 6.15. The Bertz CT molecular complexity index is 556. The highest BCUT2D eigenvalue weighted by Gasteiger charge is 2.19. The Morgan fingerprint density at radius 1 is 1.28 bits per heavy atom. The Kier molecular flexibility index (Phi) is 3.59. The van der Waals surface area contributed by atoms with E-state index in [0.717, 1.165) is 28.3 Å². The van der Waals surface area contributed by atoms with Crippen LogP contribution in [-0.2, 0) is 18.6 Å². The predicted octanol–water partition coefficient (Wildman–Crippen LogP) is 4.39. The summed E-state index contributed by atoms with van der Waals surface area (Å²) >= 11 is 5.30. The second-order valence-electron chi connectivity index (χ2n) is 4.31. The molecule has 18 heavy (non-hydrogen) atoms. The summed E-state index contributed by atoms with van der Waals surface area (Å²) in [5, 5.41) is 0. The summed E-state index contributed by atoms with van der Waals surface area (Å²) in [4.78, 5) is 16.9. The van der Waals surface area contributed by atoms with Crippen molar-refractivity contribution in [3.8, 4) is 0 Å². The third-order valence-electron chi connectivity index (χ3n) is 3.09. The van der Waals surface area contributed by atoms with E-state index in [2.05, 4.69) is 19.1 Å². The molecule has 0 aromatic carbocycles. The lowest BCUT2D eigenvalue weighted by atomic mass is 10.2. The summed E-state index contributed by atoms with van der Waals surface area (Å²) < 4.78 is 0. The molecule has 2 aromatic rings. The lowest BCUT2D eigenvalue weighted by Gasteiger charge is -2.08. The second-order valence-corrected chi connectivity index (χ2v) is 7.72. The molecule has 94 valence electrons. The molecule has 0 atom stereocenters. The maximum Gasteiger partial charge on any atom is 0.212 e. The molecule has 0 saturated heterocycles. The first-order valence-electron chi connectivity index (χ1n) is 6.10. The lowest BCUT2D eigenvalue weighted by molar-refractivity contribution is 0.104. The van der Waals surface area contributed by atoms with Gasteiger partial charge in [-0.3, -0.25) is 4.79 Å². The average Bonchev–Trinajstić information content (AvgIpc) is 3.04. The summed E-state index contributed by atoms with van der Waals surface area (Å²) in [6.45, 7) is 2.13. The van der Waals surface area contributed by atoms with E-state index in [0.29, 0.717) is 0 Å². The molecule has 0 bridgehead atoms. The number of thioether (sulfide) groups is 1. The smallest absolute Gasteiger partial charge is 0.212 e. The quantitative estimate of drug-likeness (QED) is 0.781. The summed E-state index contributed by atoms with van der Waals surface area (Å²) in [5.74, 6) is 2.48. The Labute approximate surface area is 119 Å². The van der Waals surface area contributed by atoms with E-state index in [1.54, 1.807) is 22.7 Å². The highest BCUT2D eigenvalue weighted by atomic mass is 32.2. The van der Waals surface area contributed by atoms with Crippen LogP contribution in [0.25, 0.3) is 0 Å². The fraction of sp³-hybridized carbons (Fsp3) is 0.357. The van der Waals surface area contributed by atoms with Gasteiger partial charge in [0.25, 0.3) is 0 Å². The highest BCUT2D eigenvalue weighted by molar-refractivity contribution is 7.98. The van der Waals surface area contributed by atoms with Crippen molar-refractivity contribution >= 4 is 40.2 Å². The molecule has 0 saturated carbocycles. The van der Waals surface area contributed by atoms with E-state index >= 15 is 0 Å². The highest BCUT2D eigenvalue weighted by Crippen LogP contribution is 2.33. The van der Waals surface area contributed by atoms with Crippen molar-refractivity contribution in [2.75, 3.05) is 5.75 Å². The van der Waals surface area contributed by atoms with Gasteiger partial charge in [-0.05, 0) is 42.4 Å². The molecule has 0 aliphatic carbocycles. The maximum absolute atomic E-state index is 12.4. The Morgan fingerprint density at radius 2 is 2.17 bits per heavy atom. The fourth-order valence-electron chi connectivity index (χ4n) is 2.07. The Morgan fingerprint density at radius 3 is 2.89 bits per heavy atom. The molecule has 1 aliphatic rings. The van der Waals surface area contributed by atoms with Crippen LogP contribution in [0.15, 0.2) is 18.2 Å². The molecule has 1 nitrogen and oxygen atoms in total. The standard InChI is InChI=1S/C14H14OS3/c1-2-10-3-4-12(17-10)14(15)13-7-9-8-16-6-5-11(9)18-13/h3-4,7H,2,5-6,8H2,1H3. The summed E-state index contributed by atoms with van der Waals surface area (Å²) in [6.07, 6.45) is 2.14. The number of carbonyl (C=O) groups is 1. The minimum atomic E-state index is 0.212. The van der Waals surface area contributed by atoms with Crippen LogP contribution < -0.4 is 0 Å². The van der Waals surface area contributed by atoms with Crippen LogP contribution in [0, 0.1) is 0 Å². The van der Waals surface area contributed by atoms with Gasteiger partial charge < -0.3 is 0 Å². The minimum Gasteiger partial charge on any atom is -0.287 e. The number of hydrogen-bond acceptors (Lipinski definition) is 4. The van der Waals surface area contributed by atoms with Crippen molar-refractivity contribution in [1.82, 2.24) is 0 Å². The number of hydrogen-bond donors (Lipinski definition) is 0. The topological polar surface area (TPSA) is 17.1 Å². The molecule has 4 heteroatoms. The van der Waals surface area contributed by atoms with Crippen molar-refractivity contribution in [3.05, 3.63) is 43.3 Å². The van der Waals surface area contributed by atoms with Gasteiger partial charge in [-0.2, -0.15) is 11.8 Å². The van der Waals surface area contributed by atoms with Crippen LogP contribution in [0.5, 0.6) is 0 Å². The molecular weight excluding hydrogens is 280 g/mol. The van der Waals surface area contributed by atoms with Crippen molar-refractivity contribution in [3.63, 3.8) is 0 Å². The average molecular weight is 294 g/mol. The summed E-state index contributed by atoms with van der Waals surface area (Å²) in [7, 11) is 0. The Hall–Kier alpha value is -0.580. The third kappa shape index (κ3) is 2.29. The molecule has 3 rings (SSSR count). The van der Waals surface area contributed by atoms with Gasteiger partial charge in [0.2, 0.25) is 5.78 Å². The zero-order valence-electron chi connectivity index (χ0n) is 10.2. The van der Waals surface area contributed by atoms with E-state index in [9.17, 15) is 4.79 Å². The first kappa shape index (κ1) is 12.5. The van der Waals surface area contributed by atoms with E-state index < -0.39 is 0 Å². The van der Waals surface area contributed by atoms with Crippen LogP contribution in [0.4, 0.5) is 0 Å². The minimum absolute atomic E-state index is 0.212. The molecule has 0 fully saturated rings. The first-order valence-corrected chi connectivity index (χ1v) is 8.89. The largest absolute Gasteiger partial charge is 0.287 e. The predicted molar refractivity (Wildman–Crippen MR) is 81.3 cm³/mol. The van der Waals surface area contributed by atoms with Crippen LogP contribution in [0.1, 0.15) is 36.8 Å². The van der Waals surface area contributed by atoms with Gasteiger partial charge in [0, 0.05) is 15.5 Å². The molecule has 0 unspecified atom stereocenters. The molecular formula is C14H14OS3. The molecule has 0 amide bonds. The van der Waals surface area contributed by atoms with Crippen molar-refractivity contribution in [2.24, 2.45) is 0 Å². The number of thiophene rings is 2. The first-order chi connectivity index (χ1) is 8.78. The van der Waals surface area contributed by atoms with E-state index in [-0.39, 0.29) is 5.78 Å². The SMILES string of the molecule is CCc1ccc(C(=O)c2cc3c(s2)CCSC3)s1. The van der Waals surface area contributed by atoms with Gasteiger partial charge in [-0.15, -0.1) is 22.7 Å². The number of fused-ring (bicyclic) bond motifs is 1. The lowest BCUT2D eigenvalue weighted by Crippen LogP contribution is -1.96. The summed E-state index contributed by atoms with van der Waals surface area (Å²) in [5.41, 5.74) is 1.38. The fourth-order valence-corrected chi connectivity index (χ4v) is 5.36. The molecule has 3 heterocycles. The number of aryl methyl sites for hydroxylation is 2. The van der Waals surface area contributed by atoms with Crippen LogP contribution in [-0.4, -0.2) is 11.5 Å². The molecule has 2 aromatic heterocycles. The number of ketones is 1.